The van der Waals surface area contributed by atoms with Crippen LogP contribution >= 0.6 is 0 Å². The van der Waals surface area contributed by atoms with Gasteiger partial charge in [-0.1, -0.05) is 25.5 Å². The summed E-state index contributed by atoms with van der Waals surface area (Å²) in [6.07, 6.45) is 9.35. The summed E-state index contributed by atoms with van der Waals surface area (Å²) in [5, 5.41) is 0. The Kier molecular flexibility index (Phi) is 5.46. The zero-order valence-electron chi connectivity index (χ0n) is 10.8. The molecule has 0 aromatic carbocycles. The lowest BCUT2D eigenvalue weighted by Gasteiger charge is -2.00. The first kappa shape index (κ1) is 13.5. The number of hydrogen-bond acceptors (Lipinski definition) is 3. The molecular formula is C13H20N2O2. The van der Waals surface area contributed by atoms with Crippen LogP contribution in [0.2, 0.25) is 0 Å². The van der Waals surface area contributed by atoms with Crippen LogP contribution in [0.3, 0.4) is 0 Å². The van der Waals surface area contributed by atoms with Gasteiger partial charge in [-0.15, -0.1) is 0 Å². The molecule has 0 aliphatic heterocycles. The van der Waals surface area contributed by atoms with Crippen LogP contribution in [0, 0.1) is 6.92 Å². The molecule has 0 bridgehead atoms. The maximum Gasteiger partial charge on any atom is 0.358 e. The summed E-state index contributed by atoms with van der Waals surface area (Å²) in [5.74, 6) is 0.461. The van der Waals surface area contributed by atoms with E-state index in [0.29, 0.717) is 5.69 Å². The molecular weight excluding hydrogens is 216 g/mol. The number of nitrogens with zero attached hydrogens (tertiary/aromatic N) is 2. The molecule has 1 aromatic rings. The zero-order chi connectivity index (χ0) is 12.7. The van der Waals surface area contributed by atoms with E-state index >= 15 is 0 Å². The number of esters is 1. The summed E-state index contributed by atoms with van der Waals surface area (Å²) in [5.41, 5.74) is 0.377. The SMILES string of the molecule is CCC/C=C/CCn1cc(C(=O)OC)nc1C. The Morgan fingerprint density at radius 2 is 2.18 bits per heavy atom. The molecule has 4 heteroatoms. The number of hydrogen-bond donors (Lipinski definition) is 0. The average Bonchev–Trinajstić information content (AvgIpc) is 2.70. The average molecular weight is 236 g/mol. The van der Waals surface area contributed by atoms with Crippen molar-refractivity contribution in [2.75, 3.05) is 7.11 Å². The van der Waals surface area contributed by atoms with Crippen LogP contribution in [0.15, 0.2) is 18.3 Å². The minimum Gasteiger partial charge on any atom is -0.464 e. The number of aromatic nitrogens is 2. The van der Waals surface area contributed by atoms with Gasteiger partial charge in [0.1, 0.15) is 5.82 Å². The van der Waals surface area contributed by atoms with Crippen LogP contribution in [0.5, 0.6) is 0 Å². The van der Waals surface area contributed by atoms with Crippen LogP contribution in [0.1, 0.15) is 42.5 Å². The molecule has 17 heavy (non-hydrogen) atoms. The lowest BCUT2D eigenvalue weighted by atomic mass is 10.3. The Balaban J connectivity index is 2.54. The third-order valence-electron chi connectivity index (χ3n) is 2.53. The second-order valence-electron chi connectivity index (χ2n) is 3.91. The van der Waals surface area contributed by atoms with Gasteiger partial charge in [0.15, 0.2) is 5.69 Å². The van der Waals surface area contributed by atoms with Crippen LogP contribution in [0.25, 0.3) is 0 Å². The van der Waals surface area contributed by atoms with E-state index in [9.17, 15) is 4.79 Å². The monoisotopic (exact) mass is 236 g/mol. The van der Waals surface area contributed by atoms with Crippen LogP contribution in [-0.4, -0.2) is 22.6 Å². The quantitative estimate of drug-likeness (QED) is 0.563. The van der Waals surface area contributed by atoms with E-state index < -0.39 is 0 Å². The Morgan fingerprint density at radius 3 is 2.82 bits per heavy atom. The maximum atomic E-state index is 11.3. The molecule has 1 rings (SSSR count). The van der Waals surface area contributed by atoms with Gasteiger partial charge >= 0.3 is 5.97 Å². The summed E-state index contributed by atoms with van der Waals surface area (Å²) >= 11 is 0. The normalized spacial score (nSPS) is 11.0. The van der Waals surface area contributed by atoms with Gasteiger partial charge in [-0.25, -0.2) is 9.78 Å². The van der Waals surface area contributed by atoms with E-state index in [-0.39, 0.29) is 5.97 Å². The molecule has 94 valence electrons. The van der Waals surface area contributed by atoms with Gasteiger partial charge < -0.3 is 9.30 Å². The standard InChI is InChI=1S/C13H20N2O2/c1-4-5-6-7-8-9-15-10-12(13(16)17-3)14-11(15)2/h6-7,10H,4-5,8-9H2,1-3H3/b7-6+. The van der Waals surface area contributed by atoms with Gasteiger partial charge in [0.25, 0.3) is 0 Å². The van der Waals surface area contributed by atoms with Crippen molar-refractivity contribution in [1.29, 1.82) is 0 Å². The minimum absolute atomic E-state index is 0.377. The van der Waals surface area contributed by atoms with Crippen molar-refractivity contribution in [3.8, 4) is 0 Å². The Hall–Kier alpha value is -1.58. The molecule has 0 saturated carbocycles. The second-order valence-corrected chi connectivity index (χ2v) is 3.91. The molecule has 0 aliphatic rings. The summed E-state index contributed by atoms with van der Waals surface area (Å²) < 4.78 is 6.61. The number of unbranched alkanes of at least 4 members (excludes halogenated alkanes) is 1. The van der Waals surface area contributed by atoms with Crippen molar-refractivity contribution < 1.29 is 9.53 Å². The molecule has 0 unspecified atom stereocenters. The Bertz CT molecular complexity index is 394. The molecule has 0 N–H and O–H groups in total. The number of methoxy groups -OCH3 is 1. The molecule has 1 heterocycles. The first-order chi connectivity index (χ1) is 8.19. The van der Waals surface area contributed by atoms with Gasteiger partial charge in [-0.3, -0.25) is 0 Å². The van der Waals surface area contributed by atoms with Gasteiger partial charge in [0, 0.05) is 12.7 Å². The highest BCUT2D eigenvalue weighted by molar-refractivity contribution is 5.86. The lowest BCUT2D eigenvalue weighted by Crippen LogP contribution is -2.01. The molecule has 0 aliphatic carbocycles. The third-order valence-corrected chi connectivity index (χ3v) is 2.53. The summed E-state index contributed by atoms with van der Waals surface area (Å²) in [4.78, 5) is 15.4. The van der Waals surface area contributed by atoms with Crippen LogP contribution < -0.4 is 0 Å². The minimum atomic E-state index is -0.381. The van der Waals surface area contributed by atoms with E-state index in [1.54, 1.807) is 6.20 Å². The van der Waals surface area contributed by atoms with Gasteiger partial charge in [-0.05, 0) is 19.8 Å². The summed E-state index contributed by atoms with van der Waals surface area (Å²) in [7, 11) is 1.37. The fourth-order valence-corrected chi connectivity index (χ4v) is 1.55. The van der Waals surface area contributed by atoms with Gasteiger partial charge in [0.05, 0.1) is 7.11 Å². The number of carbonyl (C=O) groups is 1. The van der Waals surface area contributed by atoms with Crippen LogP contribution in [0.4, 0.5) is 0 Å². The van der Waals surface area contributed by atoms with E-state index in [1.165, 1.54) is 13.5 Å². The highest BCUT2D eigenvalue weighted by atomic mass is 16.5. The van der Waals surface area contributed by atoms with Crippen LogP contribution in [-0.2, 0) is 11.3 Å². The maximum absolute atomic E-state index is 11.3. The van der Waals surface area contributed by atoms with E-state index in [2.05, 4.69) is 28.8 Å². The molecule has 0 atom stereocenters. The molecule has 0 amide bonds. The topological polar surface area (TPSA) is 44.1 Å². The second kappa shape index (κ2) is 6.89. The van der Waals surface area contributed by atoms with Crippen molar-refractivity contribution in [2.45, 2.75) is 39.7 Å². The summed E-state index contributed by atoms with van der Waals surface area (Å²) in [6.45, 7) is 4.89. The number of rotatable bonds is 6. The highest BCUT2D eigenvalue weighted by Crippen LogP contribution is 2.05. The fraction of sp³-hybridized carbons (Fsp3) is 0.538. The van der Waals surface area contributed by atoms with E-state index in [1.807, 2.05) is 11.5 Å². The number of ether oxygens (including phenoxy) is 1. The first-order valence-electron chi connectivity index (χ1n) is 5.96. The summed E-state index contributed by atoms with van der Waals surface area (Å²) in [6, 6.07) is 0. The molecule has 0 saturated heterocycles. The van der Waals surface area contributed by atoms with E-state index in [4.69, 9.17) is 0 Å². The molecule has 0 fully saturated rings. The number of carbonyl (C=O) groups excluding carboxylic acids is 1. The molecule has 4 nitrogen and oxygen atoms in total. The molecule has 1 aromatic heterocycles. The van der Waals surface area contributed by atoms with Crippen molar-refractivity contribution in [1.82, 2.24) is 9.55 Å². The molecule has 0 radical (unpaired) electrons. The predicted molar refractivity (Wildman–Crippen MR) is 67.0 cm³/mol. The zero-order valence-corrected chi connectivity index (χ0v) is 10.8. The van der Waals surface area contributed by atoms with Gasteiger partial charge in [0.2, 0.25) is 0 Å². The first-order valence-corrected chi connectivity index (χ1v) is 5.96. The Morgan fingerprint density at radius 1 is 1.47 bits per heavy atom. The number of allylic oxidation sites excluding steroid dienone is 2. The number of imidazole rings is 1. The third kappa shape index (κ3) is 4.06. The smallest absolute Gasteiger partial charge is 0.358 e. The van der Waals surface area contributed by atoms with Crippen molar-refractivity contribution in [3.63, 3.8) is 0 Å². The molecule has 0 spiro atoms. The van der Waals surface area contributed by atoms with Gasteiger partial charge in [-0.2, -0.15) is 0 Å². The predicted octanol–water partition coefficient (Wildman–Crippen LogP) is 2.72. The number of aryl methyl sites for hydroxylation is 2. The highest BCUT2D eigenvalue weighted by Gasteiger charge is 2.11. The van der Waals surface area contributed by atoms with Crippen molar-refractivity contribution in [3.05, 3.63) is 29.9 Å². The Labute approximate surface area is 102 Å². The lowest BCUT2D eigenvalue weighted by molar-refractivity contribution is 0.0594. The van der Waals surface area contributed by atoms with E-state index in [0.717, 1.165) is 25.2 Å². The fourth-order valence-electron chi connectivity index (χ4n) is 1.55. The largest absolute Gasteiger partial charge is 0.464 e. The van der Waals surface area contributed by atoms with Crippen molar-refractivity contribution >= 4 is 5.97 Å². The van der Waals surface area contributed by atoms with Crippen molar-refractivity contribution in [2.24, 2.45) is 0 Å².